The minimum Gasteiger partial charge on any atom is -0.351 e. The fraction of sp³-hybridized carbons (Fsp3) is 0.333. The standard InChI is InChI=1S/C21H23F3N4O/c1-27(2)12-5-13-28-17-7-4-3-6-16(17)26-18(28)10-11-25-21(29)14-8-9-15(22)20(24)19(14)23/h3-4,6-9H,5,10-13H2,1-2H3,(H,25,29). The number of hydrogen-bond acceptors (Lipinski definition) is 3. The number of amides is 1. The van der Waals surface area contributed by atoms with Crippen LogP contribution in [-0.4, -0.2) is 47.5 Å². The molecule has 0 fully saturated rings. The highest BCUT2D eigenvalue weighted by Crippen LogP contribution is 2.18. The van der Waals surface area contributed by atoms with Gasteiger partial charge in [0, 0.05) is 19.5 Å². The molecule has 1 heterocycles. The second-order valence-corrected chi connectivity index (χ2v) is 7.05. The van der Waals surface area contributed by atoms with Crippen LogP contribution in [-0.2, 0) is 13.0 Å². The van der Waals surface area contributed by atoms with Crippen molar-refractivity contribution in [1.29, 1.82) is 0 Å². The molecule has 2 aromatic carbocycles. The Morgan fingerprint density at radius 3 is 2.62 bits per heavy atom. The Kier molecular flexibility index (Phi) is 6.53. The Hall–Kier alpha value is -2.87. The van der Waals surface area contributed by atoms with Gasteiger partial charge in [0.2, 0.25) is 0 Å². The van der Waals surface area contributed by atoms with E-state index in [2.05, 4.69) is 19.8 Å². The van der Waals surface area contributed by atoms with Crippen molar-refractivity contribution in [3.05, 3.63) is 65.2 Å². The van der Waals surface area contributed by atoms with E-state index in [0.717, 1.165) is 48.5 Å². The lowest BCUT2D eigenvalue weighted by molar-refractivity contribution is 0.0948. The van der Waals surface area contributed by atoms with Crippen molar-refractivity contribution in [2.45, 2.75) is 19.4 Å². The maximum atomic E-state index is 13.8. The van der Waals surface area contributed by atoms with Gasteiger partial charge in [0.15, 0.2) is 17.5 Å². The van der Waals surface area contributed by atoms with Crippen LogP contribution < -0.4 is 5.32 Å². The molecule has 1 N–H and O–H groups in total. The van der Waals surface area contributed by atoms with Crippen LogP contribution in [0.3, 0.4) is 0 Å². The van der Waals surface area contributed by atoms with Gasteiger partial charge in [0.1, 0.15) is 5.82 Å². The number of nitrogens with zero attached hydrogens (tertiary/aromatic N) is 3. The number of hydrogen-bond donors (Lipinski definition) is 1. The first-order valence-electron chi connectivity index (χ1n) is 9.39. The summed E-state index contributed by atoms with van der Waals surface area (Å²) in [4.78, 5) is 18.9. The fourth-order valence-electron chi connectivity index (χ4n) is 3.20. The smallest absolute Gasteiger partial charge is 0.254 e. The molecule has 8 heteroatoms. The molecule has 0 bridgehead atoms. The van der Waals surface area contributed by atoms with Gasteiger partial charge in [-0.1, -0.05) is 12.1 Å². The zero-order valence-electron chi connectivity index (χ0n) is 16.4. The predicted octanol–water partition coefficient (Wildman–Crippen LogP) is 3.38. The summed E-state index contributed by atoms with van der Waals surface area (Å²) in [5, 5.41) is 2.55. The quantitative estimate of drug-likeness (QED) is 0.586. The van der Waals surface area contributed by atoms with Crippen molar-refractivity contribution < 1.29 is 18.0 Å². The molecule has 0 unspecified atom stereocenters. The molecule has 3 aromatic rings. The van der Waals surface area contributed by atoms with E-state index in [1.165, 1.54) is 0 Å². The lowest BCUT2D eigenvalue weighted by atomic mass is 10.2. The van der Waals surface area contributed by atoms with Gasteiger partial charge in [0.25, 0.3) is 5.91 Å². The van der Waals surface area contributed by atoms with Crippen molar-refractivity contribution in [1.82, 2.24) is 19.8 Å². The SMILES string of the molecule is CN(C)CCCn1c(CCNC(=O)c2ccc(F)c(F)c2F)nc2ccccc21. The Balaban J connectivity index is 1.70. The Labute approximate surface area is 167 Å². The van der Waals surface area contributed by atoms with Gasteiger partial charge in [-0.05, 0) is 51.3 Å². The molecular formula is C21H23F3N4O. The zero-order valence-corrected chi connectivity index (χ0v) is 16.4. The normalized spacial score (nSPS) is 11.4. The second kappa shape index (κ2) is 9.09. The van der Waals surface area contributed by atoms with Gasteiger partial charge in [-0.25, -0.2) is 18.2 Å². The highest BCUT2D eigenvalue weighted by Gasteiger charge is 2.19. The van der Waals surface area contributed by atoms with Crippen LogP contribution in [0.4, 0.5) is 13.2 Å². The number of imidazole rings is 1. The van der Waals surface area contributed by atoms with Crippen LogP contribution in [0.15, 0.2) is 36.4 Å². The van der Waals surface area contributed by atoms with Crippen LogP contribution in [0, 0.1) is 17.5 Å². The van der Waals surface area contributed by atoms with Gasteiger partial charge in [-0.15, -0.1) is 0 Å². The van der Waals surface area contributed by atoms with Gasteiger partial charge in [-0.3, -0.25) is 4.79 Å². The second-order valence-electron chi connectivity index (χ2n) is 7.05. The lowest BCUT2D eigenvalue weighted by Crippen LogP contribution is -2.28. The Morgan fingerprint density at radius 2 is 1.86 bits per heavy atom. The van der Waals surface area contributed by atoms with E-state index >= 15 is 0 Å². The number of carbonyl (C=O) groups is 1. The molecule has 0 aliphatic rings. The molecule has 1 amide bonds. The highest BCUT2D eigenvalue weighted by atomic mass is 19.2. The van der Waals surface area contributed by atoms with Crippen molar-refractivity contribution in [3.63, 3.8) is 0 Å². The molecule has 0 spiro atoms. The molecular weight excluding hydrogens is 381 g/mol. The maximum absolute atomic E-state index is 13.8. The molecule has 5 nitrogen and oxygen atoms in total. The first kappa shape index (κ1) is 20.9. The van der Waals surface area contributed by atoms with Gasteiger partial charge >= 0.3 is 0 Å². The molecule has 0 atom stereocenters. The van der Waals surface area contributed by atoms with Gasteiger partial charge < -0.3 is 14.8 Å². The molecule has 0 radical (unpaired) electrons. The third-order valence-corrected chi connectivity index (χ3v) is 4.63. The summed E-state index contributed by atoms with van der Waals surface area (Å²) < 4.78 is 42.3. The number of halogens is 3. The van der Waals surface area contributed by atoms with Crippen LogP contribution in [0.2, 0.25) is 0 Å². The average molecular weight is 404 g/mol. The Bertz CT molecular complexity index is 1020. The topological polar surface area (TPSA) is 50.2 Å². The Morgan fingerprint density at radius 1 is 1.10 bits per heavy atom. The van der Waals surface area contributed by atoms with Crippen LogP contribution in [0.5, 0.6) is 0 Å². The van der Waals surface area contributed by atoms with E-state index in [-0.39, 0.29) is 6.54 Å². The lowest BCUT2D eigenvalue weighted by Gasteiger charge is -2.13. The number of para-hydroxylation sites is 2. The van der Waals surface area contributed by atoms with E-state index in [1.54, 1.807) is 0 Å². The molecule has 0 saturated carbocycles. The maximum Gasteiger partial charge on any atom is 0.254 e. The highest BCUT2D eigenvalue weighted by molar-refractivity contribution is 5.94. The minimum atomic E-state index is -1.65. The monoisotopic (exact) mass is 404 g/mol. The van der Waals surface area contributed by atoms with E-state index in [4.69, 9.17) is 0 Å². The number of aryl methyl sites for hydroxylation is 1. The summed E-state index contributed by atoms with van der Waals surface area (Å²) in [7, 11) is 4.03. The number of rotatable bonds is 8. The first-order chi connectivity index (χ1) is 13.9. The minimum absolute atomic E-state index is 0.189. The molecule has 0 aliphatic heterocycles. The summed E-state index contributed by atoms with van der Waals surface area (Å²) in [6, 6.07) is 9.45. The van der Waals surface area contributed by atoms with E-state index < -0.39 is 28.9 Å². The molecule has 154 valence electrons. The summed E-state index contributed by atoms with van der Waals surface area (Å²) in [6.07, 6.45) is 1.36. The van der Waals surface area contributed by atoms with Gasteiger partial charge in [0.05, 0.1) is 16.6 Å². The molecule has 1 aromatic heterocycles. The van der Waals surface area contributed by atoms with Crippen molar-refractivity contribution >= 4 is 16.9 Å². The predicted molar refractivity (Wildman–Crippen MR) is 105 cm³/mol. The van der Waals surface area contributed by atoms with Crippen LogP contribution in [0.25, 0.3) is 11.0 Å². The number of fused-ring (bicyclic) bond motifs is 1. The third-order valence-electron chi connectivity index (χ3n) is 4.63. The molecule has 0 aliphatic carbocycles. The number of nitrogens with one attached hydrogen (secondary N) is 1. The summed E-state index contributed by atoms with van der Waals surface area (Å²) in [6.45, 7) is 1.89. The number of carbonyl (C=O) groups excluding carboxylic acids is 1. The van der Waals surface area contributed by atoms with Crippen molar-refractivity contribution in [3.8, 4) is 0 Å². The van der Waals surface area contributed by atoms with Crippen molar-refractivity contribution in [2.24, 2.45) is 0 Å². The largest absolute Gasteiger partial charge is 0.351 e. The van der Waals surface area contributed by atoms with Crippen molar-refractivity contribution in [2.75, 3.05) is 27.2 Å². The summed E-state index contributed by atoms with van der Waals surface area (Å²) in [5.41, 5.74) is 1.35. The van der Waals surface area contributed by atoms with E-state index in [1.807, 2.05) is 38.4 Å². The molecule has 29 heavy (non-hydrogen) atoms. The van der Waals surface area contributed by atoms with E-state index in [9.17, 15) is 18.0 Å². The molecule has 3 rings (SSSR count). The molecule has 0 saturated heterocycles. The van der Waals surface area contributed by atoms with Crippen LogP contribution in [0.1, 0.15) is 22.6 Å². The fourth-order valence-corrected chi connectivity index (χ4v) is 3.20. The number of aromatic nitrogens is 2. The third kappa shape index (κ3) is 4.76. The summed E-state index contributed by atoms with van der Waals surface area (Å²) in [5.74, 6) is -4.46. The van der Waals surface area contributed by atoms with Gasteiger partial charge in [-0.2, -0.15) is 0 Å². The van der Waals surface area contributed by atoms with Crippen LogP contribution >= 0.6 is 0 Å². The average Bonchev–Trinajstić information content (AvgIpc) is 3.03. The number of benzene rings is 2. The zero-order chi connectivity index (χ0) is 21.0. The van der Waals surface area contributed by atoms with E-state index in [0.29, 0.717) is 6.42 Å². The first-order valence-corrected chi connectivity index (χ1v) is 9.39. The summed E-state index contributed by atoms with van der Waals surface area (Å²) >= 11 is 0.